The van der Waals surface area contributed by atoms with E-state index in [0.717, 1.165) is 35.3 Å². The van der Waals surface area contributed by atoms with E-state index >= 15 is 0 Å². The Hall–Kier alpha value is -2.03. The van der Waals surface area contributed by atoms with Crippen molar-refractivity contribution in [2.75, 3.05) is 0 Å². The number of amides is 1. The maximum Gasteiger partial charge on any atom is 0.255 e. The quantitative estimate of drug-likeness (QED) is 0.782. The number of nitrogens with two attached hydrogens (primary N) is 1. The summed E-state index contributed by atoms with van der Waals surface area (Å²) in [5.74, 6) is 0.501. The third kappa shape index (κ3) is 3.64. The van der Waals surface area contributed by atoms with Crippen LogP contribution in [0.2, 0.25) is 0 Å². The minimum Gasteiger partial charge on any atom is -0.297 e. The maximum absolute atomic E-state index is 12.3. The van der Waals surface area contributed by atoms with Crippen LogP contribution in [-0.4, -0.2) is 31.1 Å². The molecule has 4 rings (SSSR count). The van der Waals surface area contributed by atoms with Crippen molar-refractivity contribution in [3.05, 3.63) is 40.8 Å². The molecule has 0 bridgehead atoms. The molecule has 1 amide bonds. The number of benzene rings is 1. The van der Waals surface area contributed by atoms with Crippen molar-refractivity contribution in [1.29, 1.82) is 0 Å². The van der Waals surface area contributed by atoms with Gasteiger partial charge in [0.05, 0.1) is 12.9 Å². The highest BCUT2D eigenvalue weighted by Gasteiger charge is 2.54. The molecule has 1 spiro atoms. The molecular weight excluding hydrogens is 394 g/mol. The van der Waals surface area contributed by atoms with Gasteiger partial charge in [-0.15, -0.1) is 11.3 Å². The number of thiophene rings is 1. The lowest BCUT2D eigenvalue weighted by atomic mass is 10.0. The van der Waals surface area contributed by atoms with E-state index in [0.29, 0.717) is 18.0 Å². The van der Waals surface area contributed by atoms with Crippen LogP contribution < -0.4 is 5.14 Å². The normalized spacial score (nSPS) is 17.9. The topological polar surface area (TPSA) is 92.8 Å². The Kier molecular flexibility index (Phi) is 4.68. The number of rotatable bonds is 6. The van der Waals surface area contributed by atoms with Crippen LogP contribution in [0, 0.1) is 5.92 Å². The number of sulfonamides is 1. The molecule has 1 fully saturated rings. The number of carbonyl (C=O) groups excluding carboxylic acids is 1. The summed E-state index contributed by atoms with van der Waals surface area (Å²) in [6.07, 6.45) is 4.12. The number of primary sulfonamides is 1. The molecule has 28 heavy (non-hydrogen) atoms. The molecular formula is C20H23N3O3S2. The fourth-order valence-electron chi connectivity index (χ4n) is 3.45. The lowest BCUT2D eigenvalue weighted by Crippen LogP contribution is -2.31. The van der Waals surface area contributed by atoms with Crippen molar-refractivity contribution in [2.45, 2.75) is 49.4 Å². The average molecular weight is 418 g/mol. The number of hydrogen-bond donors (Lipinski definition) is 1. The van der Waals surface area contributed by atoms with Gasteiger partial charge in [0, 0.05) is 10.4 Å². The molecule has 2 N–H and O–H groups in total. The lowest BCUT2D eigenvalue weighted by molar-refractivity contribution is -0.128. The first-order valence-electron chi connectivity index (χ1n) is 9.29. The standard InChI is InChI=1S/C20H23N3O3S2/c1-13(2)9-16-10-17(18(27-16)28(21,25)26)15-5-3-14(4-6-15)11-23-12-22-20(7-8-20)19(23)24/h3-6,10,12-13H,7-9,11H2,1-2H3,(H2,21,25,26). The third-order valence-electron chi connectivity index (χ3n) is 5.06. The summed E-state index contributed by atoms with van der Waals surface area (Å²) in [6, 6.07) is 9.53. The molecule has 1 aliphatic carbocycles. The molecule has 8 heteroatoms. The van der Waals surface area contributed by atoms with E-state index in [2.05, 4.69) is 18.8 Å². The molecule has 6 nitrogen and oxygen atoms in total. The number of aliphatic imine (C=N–C) groups is 1. The first-order chi connectivity index (χ1) is 13.2. The molecule has 1 aliphatic heterocycles. The molecule has 0 atom stereocenters. The predicted molar refractivity (Wildman–Crippen MR) is 111 cm³/mol. The Morgan fingerprint density at radius 1 is 1.25 bits per heavy atom. The van der Waals surface area contributed by atoms with E-state index in [1.54, 1.807) is 11.2 Å². The van der Waals surface area contributed by atoms with Gasteiger partial charge in [-0.05, 0) is 42.4 Å². The largest absolute Gasteiger partial charge is 0.297 e. The smallest absolute Gasteiger partial charge is 0.255 e. The summed E-state index contributed by atoms with van der Waals surface area (Å²) in [6.45, 7) is 4.66. The van der Waals surface area contributed by atoms with Crippen molar-refractivity contribution in [1.82, 2.24) is 4.90 Å². The molecule has 0 radical (unpaired) electrons. The summed E-state index contributed by atoms with van der Waals surface area (Å²) in [5, 5.41) is 5.45. The molecule has 2 aliphatic rings. The van der Waals surface area contributed by atoms with Crippen LogP contribution in [0.4, 0.5) is 0 Å². The average Bonchev–Trinajstić information content (AvgIpc) is 3.20. The molecule has 0 saturated heterocycles. The SMILES string of the molecule is CC(C)Cc1cc(-c2ccc(CN3C=NC4(CC4)C3=O)cc2)c(S(N)(=O)=O)s1. The first kappa shape index (κ1) is 19.3. The molecule has 0 unspecified atom stereocenters. The van der Waals surface area contributed by atoms with Crippen LogP contribution in [0.15, 0.2) is 39.5 Å². The predicted octanol–water partition coefficient (Wildman–Crippen LogP) is 3.16. The monoisotopic (exact) mass is 417 g/mol. The molecule has 2 heterocycles. The van der Waals surface area contributed by atoms with Crippen LogP contribution in [0.25, 0.3) is 11.1 Å². The van der Waals surface area contributed by atoms with Crippen molar-refractivity contribution in [2.24, 2.45) is 16.0 Å². The Labute approximate surface area is 169 Å². The van der Waals surface area contributed by atoms with Crippen LogP contribution in [0.5, 0.6) is 0 Å². The van der Waals surface area contributed by atoms with Gasteiger partial charge < -0.3 is 0 Å². The molecule has 148 valence electrons. The van der Waals surface area contributed by atoms with Gasteiger partial charge in [-0.25, -0.2) is 13.6 Å². The number of carbonyl (C=O) groups is 1. The number of hydrogen-bond acceptors (Lipinski definition) is 5. The van der Waals surface area contributed by atoms with E-state index in [4.69, 9.17) is 5.14 Å². The van der Waals surface area contributed by atoms with E-state index in [-0.39, 0.29) is 10.1 Å². The molecule has 1 aromatic carbocycles. The maximum atomic E-state index is 12.3. The van der Waals surface area contributed by atoms with Gasteiger partial charge in [0.25, 0.3) is 5.91 Å². The second-order valence-corrected chi connectivity index (χ2v) is 10.9. The summed E-state index contributed by atoms with van der Waals surface area (Å²) in [7, 11) is -3.79. The van der Waals surface area contributed by atoms with Crippen LogP contribution in [0.1, 0.15) is 37.1 Å². The van der Waals surface area contributed by atoms with Gasteiger partial charge >= 0.3 is 0 Å². The van der Waals surface area contributed by atoms with Crippen LogP contribution in [-0.2, 0) is 27.8 Å². The number of nitrogens with zero attached hydrogens (tertiary/aromatic N) is 2. The summed E-state index contributed by atoms with van der Waals surface area (Å²) in [5.41, 5.74) is 1.95. The van der Waals surface area contributed by atoms with Crippen LogP contribution >= 0.6 is 11.3 Å². The fourth-order valence-corrected chi connectivity index (χ4v) is 5.84. The molecule has 2 aromatic rings. The van der Waals surface area contributed by atoms with Crippen LogP contribution in [0.3, 0.4) is 0 Å². The van der Waals surface area contributed by atoms with Gasteiger partial charge in [0.15, 0.2) is 0 Å². The van der Waals surface area contributed by atoms with Gasteiger partial charge in [-0.3, -0.25) is 14.7 Å². The third-order valence-corrected chi connectivity index (χ3v) is 7.70. The van der Waals surface area contributed by atoms with Crippen molar-refractivity contribution in [3.8, 4) is 11.1 Å². The van der Waals surface area contributed by atoms with Crippen molar-refractivity contribution >= 4 is 33.6 Å². The molecule has 1 aromatic heterocycles. The summed E-state index contributed by atoms with van der Waals surface area (Å²) >= 11 is 1.24. The summed E-state index contributed by atoms with van der Waals surface area (Å²) < 4.78 is 24.3. The highest BCUT2D eigenvalue weighted by atomic mass is 32.2. The highest BCUT2D eigenvalue weighted by Crippen LogP contribution is 2.44. The van der Waals surface area contributed by atoms with E-state index in [1.165, 1.54) is 11.3 Å². The van der Waals surface area contributed by atoms with Crippen molar-refractivity contribution < 1.29 is 13.2 Å². The van der Waals surface area contributed by atoms with Crippen molar-refractivity contribution in [3.63, 3.8) is 0 Å². The Morgan fingerprint density at radius 3 is 2.46 bits per heavy atom. The van der Waals surface area contributed by atoms with Gasteiger partial charge in [0.1, 0.15) is 9.75 Å². The van der Waals surface area contributed by atoms with Gasteiger partial charge in [-0.1, -0.05) is 38.1 Å². The summed E-state index contributed by atoms with van der Waals surface area (Å²) in [4.78, 5) is 19.4. The Balaban J connectivity index is 1.58. The molecule has 1 saturated carbocycles. The first-order valence-corrected chi connectivity index (χ1v) is 11.7. The minimum absolute atomic E-state index is 0.0734. The zero-order valence-corrected chi connectivity index (χ0v) is 17.5. The Bertz CT molecular complexity index is 1050. The second kappa shape index (κ2) is 6.79. The fraction of sp³-hybridized carbons (Fsp3) is 0.400. The minimum atomic E-state index is -3.79. The van der Waals surface area contributed by atoms with E-state index in [1.807, 2.05) is 30.3 Å². The second-order valence-electron chi connectivity index (χ2n) is 7.96. The zero-order chi connectivity index (χ0) is 20.1. The van der Waals surface area contributed by atoms with E-state index in [9.17, 15) is 13.2 Å². The Morgan fingerprint density at radius 2 is 1.93 bits per heavy atom. The van der Waals surface area contributed by atoms with Gasteiger partial charge in [0.2, 0.25) is 10.0 Å². The lowest BCUT2D eigenvalue weighted by Gasteiger charge is -2.14. The zero-order valence-electron chi connectivity index (χ0n) is 15.9. The van der Waals surface area contributed by atoms with E-state index < -0.39 is 15.6 Å². The highest BCUT2D eigenvalue weighted by molar-refractivity contribution is 7.91. The van der Waals surface area contributed by atoms with Gasteiger partial charge in [-0.2, -0.15) is 0 Å².